The monoisotopic (exact) mass is 348 g/mol. The van der Waals surface area contributed by atoms with E-state index in [1.807, 2.05) is 0 Å². The zero-order valence-corrected chi connectivity index (χ0v) is 13.1. The summed E-state index contributed by atoms with van der Waals surface area (Å²) in [5, 5.41) is 27.5. The Kier molecular flexibility index (Phi) is 6.79. The summed E-state index contributed by atoms with van der Waals surface area (Å²) in [6, 6.07) is 1.33. The van der Waals surface area contributed by atoms with Crippen molar-refractivity contribution in [2.24, 2.45) is 4.99 Å². The van der Waals surface area contributed by atoms with Crippen molar-refractivity contribution in [1.82, 2.24) is 4.98 Å². The van der Waals surface area contributed by atoms with Gasteiger partial charge < -0.3 is 25.1 Å². The molecule has 0 aliphatic heterocycles. The zero-order valence-electron chi connectivity index (χ0n) is 12.2. The lowest BCUT2D eigenvalue weighted by molar-refractivity contribution is -0.146. The Hall–Kier alpha value is -1.84. The van der Waals surface area contributed by atoms with Crippen LogP contribution in [-0.4, -0.2) is 54.9 Å². The van der Waals surface area contributed by atoms with Crippen LogP contribution in [0.2, 0.25) is 0 Å². The number of hydrogen-bond acceptors (Lipinski definition) is 7. The van der Waals surface area contributed by atoms with Gasteiger partial charge in [-0.2, -0.15) is 0 Å². The van der Waals surface area contributed by atoms with E-state index >= 15 is 0 Å². The Morgan fingerprint density at radius 3 is 2.74 bits per heavy atom. The minimum absolute atomic E-state index is 0.0165. The highest BCUT2D eigenvalue weighted by molar-refractivity contribution is 7.46. The normalized spacial score (nSPS) is 13.4. The van der Waals surface area contributed by atoms with Gasteiger partial charge >= 0.3 is 13.8 Å². The Balaban J connectivity index is 2.79. The topological polar surface area (TPSA) is 170 Å². The SMILES string of the molecule is Cc1nc(COP(=O)(O)O)cc(C=NCCC(O)C(=O)O)c1O. The highest BCUT2D eigenvalue weighted by atomic mass is 31.2. The van der Waals surface area contributed by atoms with Crippen LogP contribution in [0.5, 0.6) is 5.75 Å². The van der Waals surface area contributed by atoms with Crippen LogP contribution < -0.4 is 0 Å². The molecule has 10 nitrogen and oxygen atoms in total. The van der Waals surface area contributed by atoms with Gasteiger partial charge in [-0.25, -0.2) is 9.36 Å². The van der Waals surface area contributed by atoms with E-state index in [0.29, 0.717) is 0 Å². The molecule has 0 aromatic carbocycles. The largest absolute Gasteiger partial charge is 0.505 e. The van der Waals surface area contributed by atoms with Crippen molar-refractivity contribution in [3.8, 4) is 5.75 Å². The molecule has 1 unspecified atom stereocenters. The number of pyridine rings is 1. The fourth-order valence-corrected chi connectivity index (χ4v) is 1.86. The highest BCUT2D eigenvalue weighted by Crippen LogP contribution is 2.37. The number of carbonyl (C=O) groups is 1. The van der Waals surface area contributed by atoms with E-state index in [2.05, 4.69) is 14.5 Å². The molecular weight excluding hydrogens is 331 g/mol. The van der Waals surface area contributed by atoms with Crippen molar-refractivity contribution < 1.29 is 39.0 Å². The number of aromatic hydroxyl groups is 1. The molecular formula is C12H17N2O8P. The van der Waals surface area contributed by atoms with Crippen molar-refractivity contribution in [3.63, 3.8) is 0 Å². The van der Waals surface area contributed by atoms with Gasteiger partial charge in [0.2, 0.25) is 0 Å². The molecule has 0 aliphatic rings. The summed E-state index contributed by atoms with van der Waals surface area (Å²) in [5.41, 5.74) is 0.617. The third kappa shape index (κ3) is 6.85. The highest BCUT2D eigenvalue weighted by Gasteiger charge is 2.16. The second-order valence-corrected chi connectivity index (χ2v) is 5.82. The summed E-state index contributed by atoms with van der Waals surface area (Å²) >= 11 is 0. The Morgan fingerprint density at radius 2 is 2.17 bits per heavy atom. The average molecular weight is 348 g/mol. The molecule has 1 atom stereocenters. The first-order valence-electron chi connectivity index (χ1n) is 6.40. The summed E-state index contributed by atoms with van der Waals surface area (Å²) in [7, 11) is -4.64. The van der Waals surface area contributed by atoms with Crippen molar-refractivity contribution in [1.29, 1.82) is 0 Å². The molecule has 1 heterocycles. The van der Waals surface area contributed by atoms with E-state index < -0.39 is 26.5 Å². The number of aliphatic imine (C=N–C) groups is 1. The van der Waals surface area contributed by atoms with Crippen LogP contribution in [0.25, 0.3) is 0 Å². The third-order valence-corrected chi connectivity index (χ3v) is 3.14. The number of carboxylic acids is 1. The summed E-state index contributed by atoms with van der Waals surface area (Å²) in [4.78, 5) is 35.5. The molecule has 0 saturated carbocycles. The molecule has 1 aromatic heterocycles. The molecule has 5 N–H and O–H groups in total. The maximum atomic E-state index is 10.7. The number of phosphoric acid groups is 1. The van der Waals surface area contributed by atoms with E-state index in [9.17, 15) is 14.5 Å². The van der Waals surface area contributed by atoms with Gasteiger partial charge in [-0.15, -0.1) is 0 Å². The third-order valence-electron chi connectivity index (χ3n) is 2.68. The molecule has 0 amide bonds. The first-order chi connectivity index (χ1) is 10.6. The van der Waals surface area contributed by atoms with Gasteiger partial charge in [-0.3, -0.25) is 14.5 Å². The lowest BCUT2D eigenvalue weighted by atomic mass is 10.2. The van der Waals surface area contributed by atoms with E-state index in [1.54, 1.807) is 0 Å². The fraction of sp³-hybridized carbons (Fsp3) is 0.417. The first-order valence-corrected chi connectivity index (χ1v) is 7.93. The minimum Gasteiger partial charge on any atom is -0.505 e. The number of rotatable bonds is 8. The quantitative estimate of drug-likeness (QED) is 0.319. The van der Waals surface area contributed by atoms with Crippen LogP contribution in [-0.2, 0) is 20.5 Å². The molecule has 1 aromatic rings. The molecule has 11 heteroatoms. The number of carboxylic acid groups (broad SMARTS) is 1. The summed E-state index contributed by atoms with van der Waals surface area (Å²) in [6.45, 7) is 1.05. The fourth-order valence-electron chi connectivity index (χ4n) is 1.56. The number of aryl methyl sites for hydroxylation is 1. The van der Waals surface area contributed by atoms with Crippen molar-refractivity contribution in [3.05, 3.63) is 23.0 Å². The molecule has 0 bridgehead atoms. The van der Waals surface area contributed by atoms with Crippen LogP contribution >= 0.6 is 7.82 Å². The molecule has 0 spiro atoms. The number of aliphatic hydroxyl groups is 1. The van der Waals surface area contributed by atoms with E-state index in [1.165, 1.54) is 19.2 Å². The van der Waals surface area contributed by atoms with Crippen LogP contribution in [0.3, 0.4) is 0 Å². The van der Waals surface area contributed by atoms with Gasteiger partial charge in [0.1, 0.15) is 12.4 Å². The maximum Gasteiger partial charge on any atom is 0.469 e. The number of nitrogens with zero attached hydrogens (tertiary/aromatic N) is 2. The average Bonchev–Trinajstić information content (AvgIpc) is 2.44. The van der Waals surface area contributed by atoms with Crippen LogP contribution in [0.4, 0.5) is 0 Å². The van der Waals surface area contributed by atoms with Crippen LogP contribution in [0.1, 0.15) is 23.4 Å². The second-order valence-electron chi connectivity index (χ2n) is 4.58. The van der Waals surface area contributed by atoms with Crippen LogP contribution in [0, 0.1) is 6.92 Å². The molecule has 128 valence electrons. The molecule has 0 saturated heterocycles. The zero-order chi connectivity index (χ0) is 17.6. The number of aliphatic carboxylic acids is 1. The lowest BCUT2D eigenvalue weighted by Gasteiger charge is -2.08. The smallest absolute Gasteiger partial charge is 0.469 e. The molecule has 0 radical (unpaired) electrons. The molecule has 0 fully saturated rings. The first kappa shape index (κ1) is 19.2. The lowest BCUT2D eigenvalue weighted by Crippen LogP contribution is -2.20. The van der Waals surface area contributed by atoms with Gasteiger partial charge in [0.05, 0.1) is 11.4 Å². The van der Waals surface area contributed by atoms with E-state index in [4.69, 9.17) is 20.0 Å². The van der Waals surface area contributed by atoms with Crippen LogP contribution in [0.15, 0.2) is 11.1 Å². The summed E-state index contributed by atoms with van der Waals surface area (Å²) in [5.74, 6) is -1.52. The van der Waals surface area contributed by atoms with Gasteiger partial charge in [0, 0.05) is 24.7 Å². The molecule has 23 heavy (non-hydrogen) atoms. The Labute approximate surface area is 131 Å². The van der Waals surface area contributed by atoms with E-state index in [-0.39, 0.29) is 35.7 Å². The van der Waals surface area contributed by atoms with Crippen molar-refractivity contribution in [2.75, 3.05) is 6.54 Å². The summed E-state index contributed by atoms with van der Waals surface area (Å²) in [6.07, 6.45) is -0.364. The van der Waals surface area contributed by atoms with Crippen molar-refractivity contribution >= 4 is 20.0 Å². The number of aromatic nitrogens is 1. The predicted molar refractivity (Wildman–Crippen MR) is 78.2 cm³/mol. The number of hydrogen-bond donors (Lipinski definition) is 5. The van der Waals surface area contributed by atoms with Gasteiger partial charge in [0.25, 0.3) is 0 Å². The number of phosphoric ester groups is 1. The van der Waals surface area contributed by atoms with Gasteiger partial charge in [-0.1, -0.05) is 0 Å². The Morgan fingerprint density at radius 1 is 1.52 bits per heavy atom. The van der Waals surface area contributed by atoms with Crippen molar-refractivity contribution in [2.45, 2.75) is 26.1 Å². The predicted octanol–water partition coefficient (Wildman–Crippen LogP) is -0.0406. The van der Waals surface area contributed by atoms with Gasteiger partial charge in [-0.05, 0) is 13.0 Å². The molecule has 0 aliphatic carbocycles. The Bertz CT molecular complexity index is 642. The molecule has 1 rings (SSSR count). The standard InChI is InChI=1S/C12H17N2O8P/c1-7-11(16)8(5-13-3-2-10(15)12(17)18)4-9(14-7)6-22-23(19,20)21/h4-5,10,15-16H,2-3,6H2,1H3,(H,17,18)(H2,19,20,21). The summed E-state index contributed by atoms with van der Waals surface area (Å²) < 4.78 is 15.0. The second kappa shape index (κ2) is 8.14. The number of aliphatic hydroxyl groups excluding tert-OH is 1. The van der Waals surface area contributed by atoms with E-state index in [0.717, 1.165) is 0 Å². The minimum atomic E-state index is -4.64. The maximum absolute atomic E-state index is 10.7. The van der Waals surface area contributed by atoms with Gasteiger partial charge in [0.15, 0.2) is 6.10 Å².